The van der Waals surface area contributed by atoms with E-state index in [4.69, 9.17) is 5.73 Å². The van der Waals surface area contributed by atoms with Crippen molar-refractivity contribution in [1.82, 2.24) is 0 Å². The molecule has 0 heterocycles. The molecule has 0 atom stereocenters. The smallest absolute Gasteiger partial charge is 0.0396 e. The van der Waals surface area contributed by atoms with Gasteiger partial charge in [-0.05, 0) is 61.9 Å². The van der Waals surface area contributed by atoms with Crippen molar-refractivity contribution in [2.24, 2.45) is 11.1 Å². The zero-order valence-electron chi connectivity index (χ0n) is 12.8. The van der Waals surface area contributed by atoms with Gasteiger partial charge in [-0.2, -0.15) is 0 Å². The summed E-state index contributed by atoms with van der Waals surface area (Å²) in [4.78, 5) is 2.36. The lowest BCUT2D eigenvalue weighted by Gasteiger charge is -2.32. The maximum Gasteiger partial charge on any atom is 0.0396 e. The van der Waals surface area contributed by atoms with Gasteiger partial charge in [-0.15, -0.1) is 0 Å². The molecule has 1 aromatic carbocycles. The zero-order chi connectivity index (χ0) is 13.9. The molecule has 0 aliphatic rings. The summed E-state index contributed by atoms with van der Waals surface area (Å²) in [6.07, 6.45) is 1.06. The Hall–Kier alpha value is -1.02. The Morgan fingerprint density at radius 1 is 1.06 bits per heavy atom. The van der Waals surface area contributed by atoms with Crippen molar-refractivity contribution < 1.29 is 0 Å². The lowest BCUT2D eigenvalue weighted by Crippen LogP contribution is -2.33. The number of rotatable bonds is 5. The molecule has 0 unspecified atom stereocenters. The SMILES string of the molecule is Cc1cc(C)c(N(C)CC(C)(C)CCN)cc1C. The molecule has 18 heavy (non-hydrogen) atoms. The van der Waals surface area contributed by atoms with Gasteiger partial charge in [0.25, 0.3) is 0 Å². The molecule has 1 aromatic rings. The summed E-state index contributed by atoms with van der Waals surface area (Å²) in [5.41, 5.74) is 11.4. The predicted molar refractivity (Wildman–Crippen MR) is 81.4 cm³/mol. The van der Waals surface area contributed by atoms with Gasteiger partial charge in [0.05, 0.1) is 0 Å². The molecule has 0 radical (unpaired) electrons. The molecule has 0 fully saturated rings. The van der Waals surface area contributed by atoms with E-state index in [0.717, 1.165) is 19.5 Å². The van der Waals surface area contributed by atoms with E-state index >= 15 is 0 Å². The number of hydrogen-bond donors (Lipinski definition) is 1. The maximum atomic E-state index is 5.68. The number of nitrogens with two attached hydrogens (primary N) is 1. The van der Waals surface area contributed by atoms with E-state index in [9.17, 15) is 0 Å². The van der Waals surface area contributed by atoms with Crippen LogP contribution < -0.4 is 10.6 Å². The molecule has 2 heteroatoms. The first kappa shape index (κ1) is 15.0. The monoisotopic (exact) mass is 248 g/mol. The van der Waals surface area contributed by atoms with Gasteiger partial charge < -0.3 is 10.6 Å². The number of hydrogen-bond acceptors (Lipinski definition) is 2. The average Bonchev–Trinajstić information content (AvgIpc) is 2.22. The van der Waals surface area contributed by atoms with Crippen LogP contribution in [0.2, 0.25) is 0 Å². The second kappa shape index (κ2) is 5.75. The Bertz CT molecular complexity index is 408. The minimum absolute atomic E-state index is 0.259. The summed E-state index contributed by atoms with van der Waals surface area (Å²) in [7, 11) is 2.18. The van der Waals surface area contributed by atoms with E-state index in [1.165, 1.54) is 22.4 Å². The fourth-order valence-electron chi connectivity index (χ4n) is 2.55. The standard InChI is InChI=1S/C16H28N2/c1-12-9-14(3)15(10-13(12)2)18(6)11-16(4,5)7-8-17/h9-10H,7-8,11,17H2,1-6H3. The maximum absolute atomic E-state index is 5.68. The molecule has 0 saturated heterocycles. The fraction of sp³-hybridized carbons (Fsp3) is 0.625. The van der Waals surface area contributed by atoms with Crippen molar-refractivity contribution in [3.63, 3.8) is 0 Å². The highest BCUT2D eigenvalue weighted by molar-refractivity contribution is 5.56. The number of nitrogens with zero attached hydrogens (tertiary/aromatic N) is 1. The summed E-state index contributed by atoms with van der Waals surface area (Å²) in [6.45, 7) is 12.9. The third-order valence-corrected chi connectivity index (χ3v) is 3.71. The first-order chi connectivity index (χ1) is 8.26. The minimum Gasteiger partial charge on any atom is -0.374 e. The van der Waals surface area contributed by atoms with Crippen molar-refractivity contribution in [1.29, 1.82) is 0 Å². The van der Waals surface area contributed by atoms with E-state index in [1.807, 2.05) is 0 Å². The Balaban J connectivity index is 2.91. The van der Waals surface area contributed by atoms with Gasteiger partial charge in [-0.3, -0.25) is 0 Å². The first-order valence-electron chi connectivity index (χ1n) is 6.76. The minimum atomic E-state index is 0.259. The second-order valence-electron chi connectivity index (χ2n) is 6.28. The summed E-state index contributed by atoms with van der Waals surface area (Å²) in [6, 6.07) is 4.57. The molecule has 2 N–H and O–H groups in total. The van der Waals surface area contributed by atoms with Gasteiger partial charge in [-0.25, -0.2) is 0 Å². The molecule has 2 nitrogen and oxygen atoms in total. The third kappa shape index (κ3) is 3.74. The van der Waals surface area contributed by atoms with Crippen molar-refractivity contribution in [2.45, 2.75) is 41.0 Å². The number of benzene rings is 1. The highest BCUT2D eigenvalue weighted by Crippen LogP contribution is 2.27. The Labute approximate surface area is 112 Å². The van der Waals surface area contributed by atoms with Gasteiger partial charge in [-0.1, -0.05) is 19.9 Å². The Morgan fingerprint density at radius 2 is 1.61 bits per heavy atom. The molecule has 0 amide bonds. The highest BCUT2D eigenvalue weighted by atomic mass is 15.1. The van der Waals surface area contributed by atoms with Crippen LogP contribution in [0.5, 0.6) is 0 Å². The normalized spacial score (nSPS) is 11.7. The van der Waals surface area contributed by atoms with E-state index in [0.29, 0.717) is 0 Å². The summed E-state index contributed by atoms with van der Waals surface area (Å²) < 4.78 is 0. The molecular weight excluding hydrogens is 220 g/mol. The molecule has 1 rings (SSSR count). The summed E-state index contributed by atoms with van der Waals surface area (Å²) in [5.74, 6) is 0. The fourth-order valence-corrected chi connectivity index (χ4v) is 2.55. The van der Waals surface area contributed by atoms with Crippen LogP contribution >= 0.6 is 0 Å². The number of aryl methyl sites for hydroxylation is 3. The molecule has 0 bridgehead atoms. The summed E-state index contributed by atoms with van der Waals surface area (Å²) >= 11 is 0. The van der Waals surface area contributed by atoms with Gasteiger partial charge in [0, 0.05) is 19.3 Å². The molecule has 0 spiro atoms. The van der Waals surface area contributed by atoms with E-state index < -0.39 is 0 Å². The van der Waals surface area contributed by atoms with E-state index in [-0.39, 0.29) is 5.41 Å². The third-order valence-electron chi connectivity index (χ3n) is 3.71. The predicted octanol–water partition coefficient (Wildman–Crippen LogP) is 3.42. The molecule has 102 valence electrons. The quantitative estimate of drug-likeness (QED) is 0.865. The van der Waals surface area contributed by atoms with Crippen molar-refractivity contribution >= 4 is 5.69 Å². The first-order valence-corrected chi connectivity index (χ1v) is 6.76. The lowest BCUT2D eigenvalue weighted by atomic mass is 9.88. The van der Waals surface area contributed by atoms with Crippen molar-refractivity contribution in [3.05, 3.63) is 28.8 Å². The Kier molecular flexibility index (Phi) is 4.80. The molecule has 0 saturated carbocycles. The zero-order valence-corrected chi connectivity index (χ0v) is 12.8. The van der Waals surface area contributed by atoms with Gasteiger partial charge in [0.1, 0.15) is 0 Å². The van der Waals surface area contributed by atoms with Crippen LogP contribution in [0.3, 0.4) is 0 Å². The van der Waals surface area contributed by atoms with Crippen LogP contribution in [-0.2, 0) is 0 Å². The highest BCUT2D eigenvalue weighted by Gasteiger charge is 2.20. The van der Waals surface area contributed by atoms with E-state index in [1.54, 1.807) is 0 Å². The largest absolute Gasteiger partial charge is 0.374 e. The van der Waals surface area contributed by atoms with Crippen LogP contribution in [0, 0.1) is 26.2 Å². The van der Waals surface area contributed by atoms with Crippen molar-refractivity contribution in [3.8, 4) is 0 Å². The molecule has 0 aliphatic heterocycles. The van der Waals surface area contributed by atoms with Crippen LogP contribution in [0.4, 0.5) is 5.69 Å². The molecule has 0 aromatic heterocycles. The topological polar surface area (TPSA) is 29.3 Å². The lowest BCUT2D eigenvalue weighted by molar-refractivity contribution is 0.347. The van der Waals surface area contributed by atoms with Crippen LogP contribution in [-0.4, -0.2) is 20.1 Å². The van der Waals surface area contributed by atoms with Gasteiger partial charge in [0.15, 0.2) is 0 Å². The molecular formula is C16H28N2. The van der Waals surface area contributed by atoms with Crippen molar-refractivity contribution in [2.75, 3.05) is 25.0 Å². The van der Waals surface area contributed by atoms with E-state index in [2.05, 4.69) is 58.7 Å². The van der Waals surface area contributed by atoms with Crippen LogP contribution in [0.15, 0.2) is 12.1 Å². The average molecular weight is 248 g/mol. The molecule has 0 aliphatic carbocycles. The Morgan fingerprint density at radius 3 is 2.17 bits per heavy atom. The van der Waals surface area contributed by atoms with Crippen LogP contribution in [0.1, 0.15) is 37.0 Å². The second-order valence-corrected chi connectivity index (χ2v) is 6.28. The van der Waals surface area contributed by atoms with Gasteiger partial charge >= 0.3 is 0 Å². The number of anilines is 1. The van der Waals surface area contributed by atoms with Gasteiger partial charge in [0.2, 0.25) is 0 Å². The summed E-state index contributed by atoms with van der Waals surface area (Å²) in [5, 5.41) is 0. The van der Waals surface area contributed by atoms with Crippen LogP contribution in [0.25, 0.3) is 0 Å².